The first-order valence-electron chi connectivity index (χ1n) is 7.97. The Hall–Kier alpha value is -0.850. The maximum Gasteiger partial charge on any atom is 0.330 e. The second kappa shape index (κ2) is 8.70. The molecule has 0 bridgehead atoms. The molecule has 22 heavy (non-hydrogen) atoms. The number of ether oxygens (including phenoxy) is 2. The van der Waals surface area contributed by atoms with Crippen LogP contribution in [0.3, 0.4) is 0 Å². The van der Waals surface area contributed by atoms with Gasteiger partial charge in [0.15, 0.2) is 6.54 Å². The van der Waals surface area contributed by atoms with E-state index in [1.807, 2.05) is 11.8 Å². The summed E-state index contributed by atoms with van der Waals surface area (Å²) in [6, 6.07) is 0.506. The average Bonchev–Trinajstić information content (AvgIpc) is 2.97. The number of nitrogens with zero attached hydrogens (tertiary/aromatic N) is 2. The summed E-state index contributed by atoms with van der Waals surface area (Å²) in [5.74, 6) is 0.821. The van der Waals surface area contributed by atoms with Gasteiger partial charge in [-0.2, -0.15) is 0 Å². The molecule has 0 aromatic heterocycles. The third-order valence-corrected chi connectivity index (χ3v) is 5.62. The normalized spacial score (nSPS) is 21.9. The number of piperidine rings is 1. The molecule has 1 fully saturated rings. The molecule has 0 radical (unpaired) electrons. The van der Waals surface area contributed by atoms with E-state index in [9.17, 15) is 4.79 Å². The van der Waals surface area contributed by atoms with Crippen molar-refractivity contribution in [1.29, 1.82) is 0 Å². The molecule has 1 atom stereocenters. The van der Waals surface area contributed by atoms with E-state index in [0.29, 0.717) is 19.3 Å². The SMILES string of the molecule is C=CC(=O)OCCOC1CCN(C(C)C2=[N+](C)CCS2)CC1. The molecule has 2 heterocycles. The molecule has 0 amide bonds. The summed E-state index contributed by atoms with van der Waals surface area (Å²) in [5.41, 5.74) is 0. The molecular weight excluding hydrogens is 300 g/mol. The molecule has 0 spiro atoms. The standard InChI is InChI=1S/C16H27N2O3S/c1-4-15(19)21-11-10-20-14-5-7-18(8-6-14)13(2)16-17(3)9-12-22-16/h4,13-14H,1,5-12H2,2-3H3/q+1. The van der Waals surface area contributed by atoms with Crippen LogP contribution in [0.5, 0.6) is 0 Å². The van der Waals surface area contributed by atoms with Crippen molar-refractivity contribution >= 4 is 22.8 Å². The lowest BCUT2D eigenvalue weighted by Crippen LogP contribution is -2.46. The fraction of sp³-hybridized carbons (Fsp3) is 0.750. The Bertz CT molecular complexity index is 431. The van der Waals surface area contributed by atoms with Crippen LogP contribution in [0.25, 0.3) is 0 Å². The smallest absolute Gasteiger partial charge is 0.330 e. The minimum atomic E-state index is -0.387. The van der Waals surface area contributed by atoms with Crippen LogP contribution in [0, 0.1) is 0 Å². The summed E-state index contributed by atoms with van der Waals surface area (Å²) in [5, 5.41) is 1.50. The van der Waals surface area contributed by atoms with Crippen LogP contribution >= 0.6 is 11.8 Å². The molecule has 2 rings (SSSR count). The predicted octanol–water partition coefficient (Wildman–Crippen LogP) is 1.37. The van der Waals surface area contributed by atoms with Gasteiger partial charge in [0.2, 0.25) is 5.04 Å². The zero-order valence-corrected chi connectivity index (χ0v) is 14.4. The molecule has 0 aliphatic carbocycles. The van der Waals surface area contributed by atoms with E-state index in [1.54, 1.807) is 0 Å². The van der Waals surface area contributed by atoms with Crippen LogP contribution in [0.15, 0.2) is 12.7 Å². The van der Waals surface area contributed by atoms with Gasteiger partial charge >= 0.3 is 5.97 Å². The van der Waals surface area contributed by atoms with Gasteiger partial charge in [0, 0.05) is 19.2 Å². The van der Waals surface area contributed by atoms with E-state index >= 15 is 0 Å². The van der Waals surface area contributed by atoms with Gasteiger partial charge in [-0.05, 0) is 19.8 Å². The third-order valence-electron chi connectivity index (χ3n) is 4.28. The molecule has 0 N–H and O–H groups in total. The van der Waals surface area contributed by atoms with E-state index in [0.717, 1.165) is 32.5 Å². The Morgan fingerprint density at radius 3 is 2.82 bits per heavy atom. The largest absolute Gasteiger partial charge is 0.460 e. The van der Waals surface area contributed by atoms with Crippen LogP contribution in [-0.4, -0.2) is 78.3 Å². The maximum absolute atomic E-state index is 10.9. The summed E-state index contributed by atoms with van der Waals surface area (Å²) in [4.78, 5) is 13.5. The van der Waals surface area contributed by atoms with Crippen molar-refractivity contribution in [3.05, 3.63) is 12.7 Å². The predicted molar refractivity (Wildman–Crippen MR) is 89.7 cm³/mol. The lowest BCUT2D eigenvalue weighted by molar-refractivity contribution is -0.488. The number of esters is 1. The van der Waals surface area contributed by atoms with Crippen molar-refractivity contribution in [3.63, 3.8) is 0 Å². The number of carbonyl (C=O) groups is 1. The van der Waals surface area contributed by atoms with Crippen LogP contribution in [0.1, 0.15) is 19.8 Å². The molecular formula is C16H27N2O3S+. The van der Waals surface area contributed by atoms with Crippen molar-refractivity contribution in [2.75, 3.05) is 45.6 Å². The summed E-state index contributed by atoms with van der Waals surface area (Å²) >= 11 is 1.99. The van der Waals surface area contributed by atoms with Crippen molar-refractivity contribution in [2.24, 2.45) is 0 Å². The van der Waals surface area contributed by atoms with Crippen molar-refractivity contribution in [3.8, 4) is 0 Å². The first-order valence-corrected chi connectivity index (χ1v) is 8.96. The van der Waals surface area contributed by atoms with Gasteiger partial charge in [-0.1, -0.05) is 18.3 Å². The lowest BCUT2D eigenvalue weighted by atomic mass is 10.1. The number of hydrogen-bond donors (Lipinski definition) is 0. The summed E-state index contributed by atoms with van der Waals surface area (Å²) in [6.45, 7) is 9.74. The summed E-state index contributed by atoms with van der Waals surface area (Å²) in [7, 11) is 2.19. The monoisotopic (exact) mass is 327 g/mol. The van der Waals surface area contributed by atoms with Crippen molar-refractivity contribution in [2.45, 2.75) is 31.9 Å². The van der Waals surface area contributed by atoms with Gasteiger partial charge < -0.3 is 9.47 Å². The van der Waals surface area contributed by atoms with E-state index in [1.165, 1.54) is 16.9 Å². The highest BCUT2D eigenvalue weighted by molar-refractivity contribution is 8.14. The number of thioether (sulfide) groups is 1. The molecule has 2 aliphatic heterocycles. The first-order chi connectivity index (χ1) is 10.6. The Kier molecular flexibility index (Phi) is 6.92. The zero-order valence-electron chi connectivity index (χ0n) is 13.6. The Labute approximate surface area is 137 Å². The second-order valence-electron chi connectivity index (χ2n) is 5.76. The van der Waals surface area contributed by atoms with Crippen LogP contribution in [0.4, 0.5) is 0 Å². The summed E-state index contributed by atoms with van der Waals surface area (Å²) in [6.07, 6.45) is 3.54. The van der Waals surface area contributed by atoms with Crippen molar-refractivity contribution in [1.82, 2.24) is 4.90 Å². The minimum Gasteiger partial charge on any atom is -0.460 e. The van der Waals surface area contributed by atoms with E-state index in [4.69, 9.17) is 9.47 Å². The lowest BCUT2D eigenvalue weighted by Gasteiger charge is -2.34. The Morgan fingerprint density at radius 2 is 2.23 bits per heavy atom. The number of rotatable bonds is 7. The van der Waals surface area contributed by atoms with Gasteiger partial charge in [0.05, 0.1) is 24.5 Å². The molecule has 1 unspecified atom stereocenters. The molecule has 2 aliphatic rings. The van der Waals surface area contributed by atoms with Crippen LogP contribution in [0.2, 0.25) is 0 Å². The van der Waals surface area contributed by atoms with Gasteiger partial charge in [-0.25, -0.2) is 9.37 Å². The molecule has 6 heteroatoms. The molecule has 0 aromatic carbocycles. The van der Waals surface area contributed by atoms with Crippen LogP contribution < -0.4 is 0 Å². The molecule has 0 saturated carbocycles. The third kappa shape index (κ3) is 4.83. The van der Waals surface area contributed by atoms with E-state index < -0.39 is 0 Å². The molecule has 0 aromatic rings. The summed E-state index contributed by atoms with van der Waals surface area (Å²) < 4.78 is 13.1. The molecule has 124 valence electrons. The highest BCUT2D eigenvalue weighted by Crippen LogP contribution is 2.22. The molecule has 5 nitrogen and oxygen atoms in total. The quantitative estimate of drug-likeness (QED) is 0.306. The van der Waals surface area contributed by atoms with Crippen molar-refractivity contribution < 1.29 is 18.8 Å². The van der Waals surface area contributed by atoms with Gasteiger partial charge in [-0.3, -0.25) is 4.90 Å². The number of likely N-dealkylation sites (tertiary alicyclic amines) is 1. The zero-order chi connectivity index (χ0) is 15.9. The Morgan fingerprint density at radius 1 is 1.50 bits per heavy atom. The van der Waals surface area contributed by atoms with E-state index in [2.05, 4.69) is 30.0 Å². The number of carbonyl (C=O) groups excluding carboxylic acids is 1. The minimum absolute atomic E-state index is 0.282. The fourth-order valence-electron chi connectivity index (χ4n) is 2.95. The Balaban J connectivity index is 1.66. The van der Waals surface area contributed by atoms with Gasteiger partial charge in [0.25, 0.3) is 0 Å². The first kappa shape index (κ1) is 17.5. The highest BCUT2D eigenvalue weighted by Gasteiger charge is 2.32. The highest BCUT2D eigenvalue weighted by atomic mass is 32.2. The molecule has 1 saturated heterocycles. The maximum atomic E-state index is 10.9. The number of hydrogen-bond acceptors (Lipinski definition) is 5. The second-order valence-corrected chi connectivity index (χ2v) is 6.88. The van der Waals surface area contributed by atoms with Gasteiger partial charge in [-0.15, -0.1) is 0 Å². The van der Waals surface area contributed by atoms with Gasteiger partial charge in [0.1, 0.15) is 13.7 Å². The van der Waals surface area contributed by atoms with E-state index in [-0.39, 0.29) is 12.1 Å². The average molecular weight is 327 g/mol. The fourth-order valence-corrected chi connectivity index (χ4v) is 4.23. The topological polar surface area (TPSA) is 41.8 Å². The van der Waals surface area contributed by atoms with Crippen LogP contribution in [-0.2, 0) is 14.3 Å².